The van der Waals surface area contributed by atoms with Crippen LogP contribution in [0, 0.1) is 6.92 Å². The van der Waals surface area contributed by atoms with Gasteiger partial charge in [0.2, 0.25) is 0 Å². The van der Waals surface area contributed by atoms with Crippen LogP contribution in [0.3, 0.4) is 0 Å². The molecule has 0 saturated carbocycles. The van der Waals surface area contributed by atoms with E-state index in [0.717, 1.165) is 16.2 Å². The van der Waals surface area contributed by atoms with Gasteiger partial charge in [-0.1, -0.05) is 30.3 Å². The molecule has 0 heterocycles. The lowest BCUT2D eigenvalue weighted by Gasteiger charge is -2.10. The predicted molar refractivity (Wildman–Crippen MR) is 82.9 cm³/mol. The van der Waals surface area contributed by atoms with E-state index in [2.05, 4.69) is 12.1 Å². The van der Waals surface area contributed by atoms with Crippen molar-refractivity contribution in [3.63, 3.8) is 0 Å². The summed E-state index contributed by atoms with van der Waals surface area (Å²) in [6, 6.07) is 14.0. The fraction of sp³-hybridized carbons (Fsp3) is 0.188. The number of benzene rings is 2. The van der Waals surface area contributed by atoms with Crippen LogP contribution in [0.25, 0.3) is 0 Å². The minimum atomic E-state index is -0.396. The van der Waals surface area contributed by atoms with Gasteiger partial charge in [0.1, 0.15) is 0 Å². The van der Waals surface area contributed by atoms with Crippen molar-refractivity contribution in [3.8, 4) is 0 Å². The molecule has 0 aromatic heterocycles. The fourth-order valence-electron chi connectivity index (χ4n) is 1.87. The normalized spacial score (nSPS) is 10.3. The number of hydrogen-bond donors (Lipinski definition) is 1. The molecule has 0 atom stereocenters. The Hall–Kier alpha value is -1.94. The van der Waals surface area contributed by atoms with Gasteiger partial charge >= 0.3 is 5.97 Å². The number of carbonyl (C=O) groups excluding carboxylic acids is 1. The topological polar surface area (TPSA) is 52.3 Å². The molecule has 2 aromatic carbocycles. The second kappa shape index (κ2) is 6.48. The van der Waals surface area contributed by atoms with Crippen LogP contribution in [0.2, 0.25) is 0 Å². The number of nitrogens with two attached hydrogens (primary N) is 1. The molecule has 0 fully saturated rings. The van der Waals surface area contributed by atoms with Crippen molar-refractivity contribution in [1.82, 2.24) is 0 Å². The largest absolute Gasteiger partial charge is 0.465 e. The molecule has 2 aromatic rings. The molecule has 0 saturated heterocycles. The minimum absolute atomic E-state index is 0.396. The molecular formula is C16H17NO2S. The first-order chi connectivity index (χ1) is 9.61. The second-order valence-corrected chi connectivity index (χ2v) is 5.52. The van der Waals surface area contributed by atoms with E-state index in [1.807, 2.05) is 31.2 Å². The van der Waals surface area contributed by atoms with E-state index in [4.69, 9.17) is 10.5 Å². The Morgan fingerprint density at radius 3 is 2.60 bits per heavy atom. The Labute approximate surface area is 123 Å². The summed E-state index contributed by atoms with van der Waals surface area (Å²) in [7, 11) is 1.36. The number of ether oxygens (including phenoxy) is 1. The van der Waals surface area contributed by atoms with Crippen molar-refractivity contribution in [2.75, 3.05) is 12.8 Å². The van der Waals surface area contributed by atoms with E-state index in [9.17, 15) is 4.79 Å². The van der Waals surface area contributed by atoms with E-state index in [0.29, 0.717) is 11.3 Å². The van der Waals surface area contributed by atoms with Gasteiger partial charge in [0.15, 0.2) is 0 Å². The number of anilines is 1. The number of carbonyl (C=O) groups is 1. The SMILES string of the molecule is COC(=O)c1cc(SCc2ccccc2)cc(C)c1N. The van der Waals surface area contributed by atoms with Gasteiger partial charge < -0.3 is 10.5 Å². The Kier molecular flexibility index (Phi) is 4.69. The van der Waals surface area contributed by atoms with Gasteiger partial charge in [0.05, 0.1) is 12.7 Å². The first kappa shape index (κ1) is 14.5. The summed E-state index contributed by atoms with van der Waals surface area (Å²) < 4.78 is 4.76. The lowest BCUT2D eigenvalue weighted by molar-refractivity contribution is 0.0601. The molecule has 0 aliphatic carbocycles. The van der Waals surface area contributed by atoms with E-state index in [1.165, 1.54) is 12.7 Å². The quantitative estimate of drug-likeness (QED) is 0.530. The van der Waals surface area contributed by atoms with Crippen LogP contribution >= 0.6 is 11.8 Å². The van der Waals surface area contributed by atoms with Crippen molar-refractivity contribution >= 4 is 23.4 Å². The Morgan fingerprint density at radius 2 is 1.95 bits per heavy atom. The Bertz CT molecular complexity index is 611. The molecule has 2 rings (SSSR count). The number of methoxy groups -OCH3 is 1. The number of hydrogen-bond acceptors (Lipinski definition) is 4. The summed E-state index contributed by atoms with van der Waals surface area (Å²) in [5, 5.41) is 0. The predicted octanol–water partition coefficient (Wildman–Crippen LogP) is 3.66. The summed E-state index contributed by atoms with van der Waals surface area (Å²) >= 11 is 1.68. The van der Waals surface area contributed by atoms with Gasteiger partial charge in [-0.05, 0) is 30.2 Å². The number of nitrogen functional groups attached to an aromatic ring is 1. The van der Waals surface area contributed by atoms with Crippen molar-refractivity contribution in [1.29, 1.82) is 0 Å². The molecule has 0 unspecified atom stereocenters. The summed E-state index contributed by atoms with van der Waals surface area (Å²) in [6.45, 7) is 1.90. The molecule has 0 aliphatic heterocycles. The Balaban J connectivity index is 2.20. The molecule has 0 aliphatic rings. The molecule has 0 amide bonds. The minimum Gasteiger partial charge on any atom is -0.465 e. The van der Waals surface area contributed by atoms with Crippen molar-refractivity contribution < 1.29 is 9.53 Å². The highest BCUT2D eigenvalue weighted by Gasteiger charge is 2.13. The second-order valence-electron chi connectivity index (χ2n) is 4.47. The zero-order chi connectivity index (χ0) is 14.5. The Morgan fingerprint density at radius 1 is 1.25 bits per heavy atom. The molecule has 0 radical (unpaired) electrons. The summed E-state index contributed by atoms with van der Waals surface area (Å²) in [4.78, 5) is 12.7. The molecule has 4 heteroatoms. The summed E-state index contributed by atoms with van der Waals surface area (Å²) in [5.74, 6) is 0.456. The lowest BCUT2D eigenvalue weighted by atomic mass is 10.1. The van der Waals surface area contributed by atoms with Crippen molar-refractivity contribution in [2.24, 2.45) is 0 Å². The van der Waals surface area contributed by atoms with Crippen LogP contribution < -0.4 is 5.73 Å². The van der Waals surface area contributed by atoms with E-state index >= 15 is 0 Å². The number of rotatable bonds is 4. The fourth-order valence-corrected chi connectivity index (χ4v) is 2.86. The number of thioether (sulfide) groups is 1. The highest BCUT2D eigenvalue weighted by molar-refractivity contribution is 7.98. The van der Waals surface area contributed by atoms with E-state index < -0.39 is 5.97 Å². The maximum absolute atomic E-state index is 11.7. The van der Waals surface area contributed by atoms with Crippen molar-refractivity contribution in [3.05, 3.63) is 59.2 Å². The van der Waals surface area contributed by atoms with Gasteiger partial charge in [0, 0.05) is 16.3 Å². The average Bonchev–Trinajstić information content (AvgIpc) is 2.48. The summed E-state index contributed by atoms with van der Waals surface area (Å²) in [6.07, 6.45) is 0. The van der Waals surface area contributed by atoms with Gasteiger partial charge in [-0.15, -0.1) is 11.8 Å². The molecule has 3 nitrogen and oxygen atoms in total. The standard InChI is InChI=1S/C16H17NO2S/c1-11-8-13(9-14(15(11)17)16(18)19-2)20-10-12-6-4-3-5-7-12/h3-9H,10,17H2,1-2H3. The highest BCUT2D eigenvalue weighted by Crippen LogP contribution is 2.29. The van der Waals surface area contributed by atoms with E-state index in [1.54, 1.807) is 17.8 Å². The molecule has 0 spiro atoms. The van der Waals surface area contributed by atoms with Crippen molar-refractivity contribution in [2.45, 2.75) is 17.6 Å². The third kappa shape index (κ3) is 3.33. The molecule has 104 valence electrons. The smallest absolute Gasteiger partial charge is 0.340 e. The monoisotopic (exact) mass is 287 g/mol. The van der Waals surface area contributed by atoms with Gasteiger partial charge in [0.25, 0.3) is 0 Å². The molecular weight excluding hydrogens is 270 g/mol. The van der Waals surface area contributed by atoms with Gasteiger partial charge in [-0.25, -0.2) is 4.79 Å². The van der Waals surface area contributed by atoms with Crippen LogP contribution in [-0.2, 0) is 10.5 Å². The third-order valence-corrected chi connectivity index (χ3v) is 4.06. The maximum Gasteiger partial charge on any atom is 0.340 e. The lowest BCUT2D eigenvalue weighted by Crippen LogP contribution is -2.07. The third-order valence-electron chi connectivity index (χ3n) is 3.01. The number of esters is 1. The molecule has 2 N–H and O–H groups in total. The van der Waals surface area contributed by atoms with Crippen LogP contribution in [0.4, 0.5) is 5.69 Å². The molecule has 20 heavy (non-hydrogen) atoms. The first-order valence-corrected chi connectivity index (χ1v) is 7.25. The number of aryl methyl sites for hydroxylation is 1. The van der Waals surface area contributed by atoms with Gasteiger partial charge in [-0.3, -0.25) is 0 Å². The zero-order valence-corrected chi connectivity index (χ0v) is 12.4. The molecule has 0 bridgehead atoms. The van der Waals surface area contributed by atoms with Crippen LogP contribution in [0.15, 0.2) is 47.4 Å². The van der Waals surface area contributed by atoms with Crippen LogP contribution in [-0.4, -0.2) is 13.1 Å². The van der Waals surface area contributed by atoms with Gasteiger partial charge in [-0.2, -0.15) is 0 Å². The summed E-state index contributed by atoms with van der Waals surface area (Å²) in [5.41, 5.74) is 8.98. The van der Waals surface area contributed by atoms with Crippen LogP contribution in [0.5, 0.6) is 0 Å². The van der Waals surface area contributed by atoms with E-state index in [-0.39, 0.29) is 0 Å². The van der Waals surface area contributed by atoms with Crippen LogP contribution in [0.1, 0.15) is 21.5 Å². The first-order valence-electron chi connectivity index (χ1n) is 6.27. The zero-order valence-electron chi connectivity index (χ0n) is 11.6. The maximum atomic E-state index is 11.7. The highest BCUT2D eigenvalue weighted by atomic mass is 32.2. The average molecular weight is 287 g/mol.